The molecule has 2 aromatic carbocycles. The number of sulfonamides is 1. The van der Waals surface area contributed by atoms with E-state index in [1.165, 1.54) is 6.42 Å². The van der Waals surface area contributed by atoms with E-state index in [1.807, 2.05) is 30.3 Å². The first kappa shape index (κ1) is 18.8. The minimum atomic E-state index is -3.48. The molecule has 3 N–H and O–H groups in total. The monoisotopic (exact) mass is 389 g/mol. The van der Waals surface area contributed by atoms with Gasteiger partial charge in [0.05, 0.1) is 4.90 Å². The van der Waals surface area contributed by atoms with Gasteiger partial charge < -0.3 is 10.6 Å². The molecule has 0 amide bonds. The number of para-hydroxylation sites is 1. The normalized spacial score (nSPS) is 15.4. The number of hydrogen-bond acceptors (Lipinski definition) is 3. The largest absolute Gasteiger partial charge is 0.332 e. The molecule has 0 aromatic heterocycles. The zero-order valence-corrected chi connectivity index (χ0v) is 16.1. The van der Waals surface area contributed by atoms with Crippen molar-refractivity contribution in [3.05, 3.63) is 54.6 Å². The summed E-state index contributed by atoms with van der Waals surface area (Å²) in [5.74, 6) is 0. The molecule has 0 radical (unpaired) electrons. The molecule has 138 valence electrons. The maximum absolute atomic E-state index is 12.5. The molecule has 3 rings (SSSR count). The Bertz CT molecular complexity index is 831. The van der Waals surface area contributed by atoms with Crippen LogP contribution in [-0.4, -0.2) is 19.6 Å². The van der Waals surface area contributed by atoms with Gasteiger partial charge in [0.1, 0.15) is 0 Å². The van der Waals surface area contributed by atoms with Gasteiger partial charge in [-0.05, 0) is 61.5 Å². The average Bonchev–Trinajstić information content (AvgIpc) is 2.63. The van der Waals surface area contributed by atoms with Gasteiger partial charge in [-0.2, -0.15) is 0 Å². The van der Waals surface area contributed by atoms with Gasteiger partial charge in [0.15, 0.2) is 5.11 Å². The van der Waals surface area contributed by atoms with E-state index < -0.39 is 10.0 Å². The van der Waals surface area contributed by atoms with Crippen LogP contribution in [0.25, 0.3) is 0 Å². The van der Waals surface area contributed by atoms with E-state index in [-0.39, 0.29) is 10.9 Å². The van der Waals surface area contributed by atoms with Crippen LogP contribution in [0.4, 0.5) is 11.4 Å². The standard InChI is InChI=1S/C19H23N3O2S2/c23-26(24,22-17-9-5-2-6-10-17)18-13-11-16(12-14-18)21-19(25)20-15-7-3-1-4-8-15/h1,3-4,7-8,11-14,17,22H,2,5-6,9-10H2,(H2,20,21,25). The molecule has 0 aliphatic heterocycles. The van der Waals surface area contributed by atoms with Crippen molar-refractivity contribution in [2.45, 2.75) is 43.0 Å². The summed E-state index contributed by atoms with van der Waals surface area (Å²) in [4.78, 5) is 0.274. The van der Waals surface area contributed by atoms with E-state index in [1.54, 1.807) is 24.3 Å². The summed E-state index contributed by atoms with van der Waals surface area (Å²) < 4.78 is 27.8. The predicted molar refractivity (Wildman–Crippen MR) is 110 cm³/mol. The van der Waals surface area contributed by atoms with Crippen molar-refractivity contribution < 1.29 is 8.42 Å². The molecule has 1 aliphatic carbocycles. The quantitative estimate of drug-likeness (QED) is 0.672. The lowest BCUT2D eigenvalue weighted by Gasteiger charge is -2.22. The number of thiocarbonyl (C=S) groups is 1. The fourth-order valence-corrected chi connectivity index (χ4v) is 4.58. The van der Waals surface area contributed by atoms with E-state index in [4.69, 9.17) is 12.2 Å². The molecule has 0 heterocycles. The summed E-state index contributed by atoms with van der Waals surface area (Å²) in [7, 11) is -3.48. The second-order valence-electron chi connectivity index (χ2n) is 6.43. The SMILES string of the molecule is O=S(=O)(NC1CCCCC1)c1ccc(NC(=S)Nc2ccccc2)cc1. The Morgan fingerprint density at radius 2 is 1.42 bits per heavy atom. The lowest BCUT2D eigenvalue weighted by Crippen LogP contribution is -2.36. The Labute approximate surface area is 160 Å². The summed E-state index contributed by atoms with van der Waals surface area (Å²) in [5, 5.41) is 6.59. The fraction of sp³-hybridized carbons (Fsp3) is 0.316. The Hall–Kier alpha value is -1.96. The molecular weight excluding hydrogens is 366 g/mol. The van der Waals surface area contributed by atoms with Crippen molar-refractivity contribution in [3.8, 4) is 0 Å². The highest BCUT2D eigenvalue weighted by molar-refractivity contribution is 7.89. The van der Waals surface area contributed by atoms with Crippen LogP contribution in [0.2, 0.25) is 0 Å². The highest BCUT2D eigenvalue weighted by atomic mass is 32.2. The Morgan fingerprint density at radius 1 is 0.846 bits per heavy atom. The first-order valence-electron chi connectivity index (χ1n) is 8.78. The topological polar surface area (TPSA) is 70.2 Å². The third-order valence-corrected chi connectivity index (χ3v) is 6.12. The van der Waals surface area contributed by atoms with Gasteiger partial charge in [-0.1, -0.05) is 37.5 Å². The van der Waals surface area contributed by atoms with Gasteiger partial charge in [-0.15, -0.1) is 0 Å². The van der Waals surface area contributed by atoms with Crippen LogP contribution in [0, 0.1) is 0 Å². The second kappa shape index (κ2) is 8.62. The number of rotatable bonds is 5. The molecule has 0 spiro atoms. The number of nitrogens with one attached hydrogen (secondary N) is 3. The first-order valence-corrected chi connectivity index (χ1v) is 10.7. The van der Waals surface area contributed by atoms with Gasteiger partial charge in [0, 0.05) is 17.4 Å². The highest BCUT2D eigenvalue weighted by Crippen LogP contribution is 2.21. The molecule has 5 nitrogen and oxygen atoms in total. The van der Waals surface area contributed by atoms with Crippen molar-refractivity contribution in [2.75, 3.05) is 10.6 Å². The lowest BCUT2D eigenvalue weighted by atomic mass is 9.96. The molecule has 1 saturated carbocycles. The second-order valence-corrected chi connectivity index (χ2v) is 8.55. The summed E-state index contributed by atoms with van der Waals surface area (Å²) in [5.41, 5.74) is 1.62. The smallest absolute Gasteiger partial charge is 0.240 e. The minimum absolute atomic E-state index is 0.0502. The van der Waals surface area contributed by atoms with Crippen LogP contribution in [-0.2, 0) is 10.0 Å². The number of benzene rings is 2. The molecule has 1 aliphatic rings. The third kappa shape index (κ3) is 5.27. The van der Waals surface area contributed by atoms with Crippen LogP contribution >= 0.6 is 12.2 Å². The first-order chi connectivity index (χ1) is 12.5. The van der Waals surface area contributed by atoms with Gasteiger partial charge in [0.2, 0.25) is 10.0 Å². The van der Waals surface area contributed by atoms with Crippen molar-refractivity contribution in [2.24, 2.45) is 0 Å². The molecule has 0 saturated heterocycles. The van der Waals surface area contributed by atoms with Crippen molar-refractivity contribution in [1.82, 2.24) is 4.72 Å². The minimum Gasteiger partial charge on any atom is -0.332 e. The van der Waals surface area contributed by atoms with Gasteiger partial charge in [-0.3, -0.25) is 0 Å². The average molecular weight is 390 g/mol. The molecular formula is C19H23N3O2S2. The van der Waals surface area contributed by atoms with Crippen LogP contribution in [0.1, 0.15) is 32.1 Å². The van der Waals surface area contributed by atoms with Gasteiger partial charge in [-0.25, -0.2) is 13.1 Å². The van der Waals surface area contributed by atoms with Gasteiger partial charge >= 0.3 is 0 Å². The van der Waals surface area contributed by atoms with Crippen molar-refractivity contribution in [1.29, 1.82) is 0 Å². The number of hydrogen-bond donors (Lipinski definition) is 3. The fourth-order valence-electron chi connectivity index (χ4n) is 3.04. The lowest BCUT2D eigenvalue weighted by molar-refractivity contribution is 0.412. The molecule has 0 bridgehead atoms. The van der Waals surface area contributed by atoms with E-state index in [0.717, 1.165) is 37.1 Å². The van der Waals surface area contributed by atoms with E-state index in [0.29, 0.717) is 5.11 Å². The zero-order valence-electron chi connectivity index (χ0n) is 14.4. The Balaban J connectivity index is 1.59. The van der Waals surface area contributed by atoms with Crippen LogP contribution in [0.15, 0.2) is 59.5 Å². The maximum Gasteiger partial charge on any atom is 0.240 e. The van der Waals surface area contributed by atoms with Crippen LogP contribution < -0.4 is 15.4 Å². The van der Waals surface area contributed by atoms with Gasteiger partial charge in [0.25, 0.3) is 0 Å². The summed E-state index contributed by atoms with van der Waals surface area (Å²) in [6.45, 7) is 0. The summed E-state index contributed by atoms with van der Waals surface area (Å²) >= 11 is 5.28. The molecule has 2 aromatic rings. The molecule has 0 atom stereocenters. The molecule has 0 unspecified atom stereocenters. The van der Waals surface area contributed by atoms with E-state index in [9.17, 15) is 8.42 Å². The maximum atomic E-state index is 12.5. The Kier molecular flexibility index (Phi) is 6.24. The third-order valence-electron chi connectivity index (χ3n) is 4.38. The highest BCUT2D eigenvalue weighted by Gasteiger charge is 2.21. The number of anilines is 2. The van der Waals surface area contributed by atoms with Crippen LogP contribution in [0.3, 0.4) is 0 Å². The van der Waals surface area contributed by atoms with Crippen molar-refractivity contribution >= 4 is 38.7 Å². The van der Waals surface area contributed by atoms with Crippen LogP contribution in [0.5, 0.6) is 0 Å². The summed E-state index contributed by atoms with van der Waals surface area (Å²) in [6, 6.07) is 16.3. The summed E-state index contributed by atoms with van der Waals surface area (Å²) in [6.07, 6.45) is 5.19. The van der Waals surface area contributed by atoms with Crippen molar-refractivity contribution in [3.63, 3.8) is 0 Å². The van der Waals surface area contributed by atoms with E-state index >= 15 is 0 Å². The molecule has 1 fully saturated rings. The predicted octanol–water partition coefficient (Wildman–Crippen LogP) is 4.11. The molecule has 7 heteroatoms. The van der Waals surface area contributed by atoms with E-state index in [2.05, 4.69) is 15.4 Å². The Morgan fingerprint density at radius 3 is 2.04 bits per heavy atom. The zero-order chi connectivity index (χ0) is 18.4. The molecule has 26 heavy (non-hydrogen) atoms.